The number of aliphatic carboxylic acids is 1. The third kappa shape index (κ3) is 3.65. The number of carbonyl (C=O) groups excluding carboxylic acids is 1. The number of amides is 1. The third-order valence-corrected chi connectivity index (χ3v) is 5.16. The van der Waals surface area contributed by atoms with Gasteiger partial charge in [0.25, 0.3) is 5.91 Å². The fourth-order valence-corrected chi connectivity index (χ4v) is 3.33. The maximum Gasteiger partial charge on any atom is 0.352 e. The van der Waals surface area contributed by atoms with Crippen LogP contribution >= 0.6 is 11.6 Å². The lowest BCUT2D eigenvalue weighted by molar-refractivity contribution is -0.132. The van der Waals surface area contributed by atoms with Crippen LogP contribution in [0.4, 0.5) is 15.9 Å². The number of rotatable bonds is 4. The molecule has 30 heavy (non-hydrogen) atoms. The maximum absolute atomic E-state index is 13.3. The number of hydrogen-bond donors (Lipinski definition) is 3. The van der Waals surface area contributed by atoms with Crippen molar-refractivity contribution in [2.75, 3.05) is 10.6 Å². The molecule has 152 valence electrons. The van der Waals surface area contributed by atoms with E-state index in [1.54, 1.807) is 30.3 Å². The van der Waals surface area contributed by atoms with Crippen molar-refractivity contribution >= 4 is 35.0 Å². The molecule has 0 aliphatic carbocycles. The second kappa shape index (κ2) is 7.64. The number of nitrogens with one attached hydrogen (secondary N) is 2. The van der Waals surface area contributed by atoms with Gasteiger partial charge in [0.05, 0.1) is 12.2 Å². The van der Waals surface area contributed by atoms with Crippen LogP contribution in [0.2, 0.25) is 5.02 Å². The molecule has 0 saturated heterocycles. The van der Waals surface area contributed by atoms with Gasteiger partial charge in [-0.05, 0) is 48.4 Å². The Bertz CT molecular complexity index is 1190. The second-order valence-electron chi connectivity index (χ2n) is 6.78. The molecule has 1 aliphatic heterocycles. The zero-order valence-electron chi connectivity index (χ0n) is 15.7. The van der Waals surface area contributed by atoms with Crippen LogP contribution in [0.25, 0.3) is 0 Å². The first-order chi connectivity index (χ1) is 14.3. The van der Waals surface area contributed by atoms with Crippen LogP contribution in [-0.4, -0.2) is 26.8 Å². The molecule has 0 unspecified atom stereocenters. The fraction of sp³-hybridized carbons (Fsp3) is 0.0952. The smallest absolute Gasteiger partial charge is 0.352 e. The number of hydrogen-bond acceptors (Lipinski definition) is 4. The number of aryl methyl sites for hydroxylation is 1. The second-order valence-corrected chi connectivity index (χ2v) is 7.18. The van der Waals surface area contributed by atoms with Gasteiger partial charge in [0, 0.05) is 10.7 Å². The molecule has 0 saturated carbocycles. The highest BCUT2D eigenvalue weighted by Gasteiger charge is 2.29. The first kappa shape index (κ1) is 19.7. The molecule has 7 nitrogen and oxygen atoms in total. The first-order valence-electron chi connectivity index (χ1n) is 8.96. The Balaban J connectivity index is 1.70. The van der Waals surface area contributed by atoms with E-state index in [0.29, 0.717) is 16.3 Å². The lowest BCUT2D eigenvalue weighted by Crippen LogP contribution is -2.25. The molecule has 4 rings (SSSR count). The number of carboxylic acids is 1. The summed E-state index contributed by atoms with van der Waals surface area (Å²) in [6.45, 7) is 1.85. The van der Waals surface area contributed by atoms with Gasteiger partial charge < -0.3 is 15.7 Å². The minimum Gasteiger partial charge on any atom is -0.477 e. The van der Waals surface area contributed by atoms with E-state index in [1.165, 1.54) is 29.1 Å². The highest BCUT2D eigenvalue weighted by Crippen LogP contribution is 2.32. The minimum absolute atomic E-state index is 0.107. The van der Waals surface area contributed by atoms with E-state index >= 15 is 0 Å². The Kier molecular flexibility index (Phi) is 5.01. The number of carbonyl (C=O) groups is 2. The largest absolute Gasteiger partial charge is 0.477 e. The zero-order chi connectivity index (χ0) is 21.4. The van der Waals surface area contributed by atoms with Crippen LogP contribution in [0.5, 0.6) is 0 Å². The summed E-state index contributed by atoms with van der Waals surface area (Å²) in [6, 6.07) is 10.1. The number of aromatic nitrogens is 2. The summed E-state index contributed by atoms with van der Waals surface area (Å²) < 4.78 is 14.8. The zero-order valence-corrected chi connectivity index (χ0v) is 16.4. The van der Waals surface area contributed by atoms with Gasteiger partial charge in [0.15, 0.2) is 0 Å². The summed E-state index contributed by atoms with van der Waals surface area (Å²) in [5.41, 5.74) is 2.04. The van der Waals surface area contributed by atoms with Crippen molar-refractivity contribution in [3.63, 3.8) is 0 Å². The van der Waals surface area contributed by atoms with E-state index < -0.39 is 23.7 Å². The van der Waals surface area contributed by atoms with Crippen LogP contribution < -0.4 is 10.6 Å². The van der Waals surface area contributed by atoms with Gasteiger partial charge in [-0.2, -0.15) is 5.10 Å². The molecule has 3 N–H and O–H groups in total. The normalized spacial score (nSPS) is 15.0. The lowest BCUT2D eigenvalue weighted by Gasteiger charge is -2.24. The molecule has 0 bridgehead atoms. The van der Waals surface area contributed by atoms with E-state index in [1.807, 2.05) is 6.92 Å². The van der Waals surface area contributed by atoms with Crippen molar-refractivity contribution in [3.8, 4) is 0 Å². The summed E-state index contributed by atoms with van der Waals surface area (Å²) >= 11 is 6.11. The van der Waals surface area contributed by atoms with E-state index in [4.69, 9.17) is 11.6 Å². The number of allylic oxidation sites excluding steroid dienone is 1. The molecular formula is C21H16ClFN4O3. The number of nitrogens with zero attached hydrogens (tertiary/aromatic N) is 2. The molecule has 3 aromatic rings. The highest BCUT2D eigenvalue weighted by molar-refractivity contribution is 6.31. The molecule has 0 radical (unpaired) electrons. The van der Waals surface area contributed by atoms with Crippen molar-refractivity contribution in [1.29, 1.82) is 0 Å². The number of benzene rings is 2. The van der Waals surface area contributed by atoms with Gasteiger partial charge in [-0.25, -0.2) is 13.9 Å². The number of carboxylic acid groups (broad SMARTS) is 1. The van der Waals surface area contributed by atoms with E-state index in [2.05, 4.69) is 15.7 Å². The Labute approximate surface area is 175 Å². The van der Waals surface area contributed by atoms with E-state index in [0.717, 1.165) is 5.56 Å². The monoisotopic (exact) mass is 426 g/mol. The predicted molar refractivity (Wildman–Crippen MR) is 110 cm³/mol. The average Bonchev–Trinajstić information content (AvgIpc) is 3.15. The van der Waals surface area contributed by atoms with Gasteiger partial charge in [-0.3, -0.25) is 4.79 Å². The molecular weight excluding hydrogens is 411 g/mol. The Morgan fingerprint density at radius 1 is 1.23 bits per heavy atom. The Hall–Kier alpha value is -3.65. The third-order valence-electron chi connectivity index (χ3n) is 4.75. The lowest BCUT2D eigenvalue weighted by atomic mass is 10.0. The van der Waals surface area contributed by atoms with Gasteiger partial charge in [-0.1, -0.05) is 29.8 Å². The van der Waals surface area contributed by atoms with Gasteiger partial charge in [-0.15, -0.1) is 0 Å². The van der Waals surface area contributed by atoms with Gasteiger partial charge >= 0.3 is 5.97 Å². The number of fused-ring (bicyclic) bond motifs is 1. The average molecular weight is 427 g/mol. The molecule has 1 amide bonds. The maximum atomic E-state index is 13.3. The summed E-state index contributed by atoms with van der Waals surface area (Å²) in [5, 5.41) is 19.7. The van der Waals surface area contributed by atoms with Gasteiger partial charge in [0.2, 0.25) is 0 Å². The molecule has 1 aliphatic rings. The standard InChI is InChI=1S/C21H16ClFN4O3/c1-11-2-7-14(8-16(11)22)25-20(28)15-10-24-27-18(12-3-5-13(23)6-4-12)9-17(21(29)30)26-19(15)27/h2-10,18,26H,1H3,(H,25,28)(H,29,30)/t18-/m0/s1. The number of anilines is 2. The Morgan fingerprint density at radius 2 is 1.97 bits per heavy atom. The highest BCUT2D eigenvalue weighted by atomic mass is 35.5. The van der Waals surface area contributed by atoms with Crippen molar-refractivity contribution < 1.29 is 19.1 Å². The summed E-state index contributed by atoms with van der Waals surface area (Å²) in [5.74, 6) is -1.85. The molecule has 1 aromatic heterocycles. The molecule has 0 spiro atoms. The van der Waals surface area contributed by atoms with Crippen LogP contribution in [0.15, 0.2) is 60.4 Å². The summed E-state index contributed by atoms with van der Waals surface area (Å²) in [4.78, 5) is 24.5. The van der Waals surface area contributed by atoms with Gasteiger partial charge in [0.1, 0.15) is 22.9 Å². The fourth-order valence-electron chi connectivity index (χ4n) is 3.15. The van der Waals surface area contributed by atoms with E-state index in [-0.39, 0.29) is 17.1 Å². The molecule has 9 heteroatoms. The first-order valence-corrected chi connectivity index (χ1v) is 9.34. The Morgan fingerprint density at radius 3 is 2.63 bits per heavy atom. The predicted octanol–water partition coefficient (Wildman–Crippen LogP) is 4.22. The summed E-state index contributed by atoms with van der Waals surface area (Å²) in [7, 11) is 0. The van der Waals surface area contributed by atoms with Crippen LogP contribution in [-0.2, 0) is 4.79 Å². The topological polar surface area (TPSA) is 96.3 Å². The molecule has 1 atom stereocenters. The van der Waals surface area contributed by atoms with Crippen molar-refractivity contribution in [2.45, 2.75) is 13.0 Å². The minimum atomic E-state index is -1.19. The van der Waals surface area contributed by atoms with Crippen molar-refractivity contribution in [3.05, 3.63) is 88.0 Å². The van der Waals surface area contributed by atoms with Crippen LogP contribution in [0.1, 0.15) is 27.5 Å². The number of halogens is 2. The van der Waals surface area contributed by atoms with Crippen molar-refractivity contribution in [2.24, 2.45) is 0 Å². The molecule has 0 fully saturated rings. The van der Waals surface area contributed by atoms with Crippen LogP contribution in [0, 0.1) is 12.7 Å². The quantitative estimate of drug-likeness (QED) is 0.580. The van der Waals surface area contributed by atoms with Crippen LogP contribution in [0.3, 0.4) is 0 Å². The summed E-state index contributed by atoms with van der Waals surface area (Å²) in [6.07, 6.45) is 2.81. The SMILES string of the molecule is Cc1ccc(NC(=O)c2cnn3c2NC(C(=O)O)=C[C@H]3c2ccc(F)cc2)cc1Cl. The van der Waals surface area contributed by atoms with Crippen molar-refractivity contribution in [1.82, 2.24) is 9.78 Å². The van der Waals surface area contributed by atoms with E-state index in [9.17, 15) is 19.1 Å². The molecule has 2 heterocycles. The molecule has 2 aromatic carbocycles.